The predicted octanol–water partition coefficient (Wildman–Crippen LogP) is 1.00. The fourth-order valence-electron chi connectivity index (χ4n) is 1.37. The van der Waals surface area contributed by atoms with Crippen LogP contribution in [0.1, 0.15) is 6.92 Å². The zero-order valence-corrected chi connectivity index (χ0v) is 7.22. The summed E-state index contributed by atoms with van der Waals surface area (Å²) in [5, 5.41) is 0. The maximum Gasteiger partial charge on any atom is 0.157 e. The maximum atomic E-state index is 11.0. The number of Topliss-reactive ketones (excluding diaryl/α,β-unsaturated/α-hetero) is 1. The largest absolute Gasteiger partial charge is 0.298 e. The molecule has 0 amide bonds. The van der Waals surface area contributed by atoms with Gasteiger partial charge >= 0.3 is 0 Å². The molecule has 0 heterocycles. The lowest BCUT2D eigenvalue weighted by molar-refractivity contribution is -0.114. The van der Waals surface area contributed by atoms with Gasteiger partial charge in [0.15, 0.2) is 5.78 Å². The van der Waals surface area contributed by atoms with Crippen molar-refractivity contribution in [1.29, 1.82) is 0 Å². The number of likely N-dealkylation sites (N-methyl/N-ethyl adjacent to an activating group) is 1. The number of nitrogens with zero attached hydrogens (tertiary/aromatic N) is 1. The van der Waals surface area contributed by atoms with Gasteiger partial charge in [-0.25, -0.2) is 0 Å². The van der Waals surface area contributed by atoms with Crippen LogP contribution in [0.5, 0.6) is 0 Å². The smallest absolute Gasteiger partial charge is 0.157 e. The molecule has 1 rings (SSSR count). The van der Waals surface area contributed by atoms with E-state index in [-0.39, 0.29) is 11.8 Å². The number of carbonyl (C=O) groups excluding carboxylic acids is 1. The Balaban J connectivity index is 2.80. The summed E-state index contributed by atoms with van der Waals surface area (Å²) in [6.45, 7) is 5.42. The van der Waals surface area contributed by atoms with E-state index in [1.807, 2.05) is 25.1 Å². The normalized spacial score (nSPS) is 23.1. The van der Waals surface area contributed by atoms with Crippen molar-refractivity contribution in [2.75, 3.05) is 14.1 Å². The number of hydrogen-bond donors (Lipinski definition) is 0. The molecule has 0 bridgehead atoms. The summed E-state index contributed by atoms with van der Waals surface area (Å²) in [7, 11) is 3.90. The average Bonchev–Trinajstić information content (AvgIpc) is 1.80. The van der Waals surface area contributed by atoms with Gasteiger partial charge in [0.05, 0.1) is 6.04 Å². The van der Waals surface area contributed by atoms with E-state index >= 15 is 0 Å². The van der Waals surface area contributed by atoms with Gasteiger partial charge in [-0.3, -0.25) is 9.69 Å². The van der Waals surface area contributed by atoms with Gasteiger partial charge in [-0.15, -0.1) is 0 Å². The van der Waals surface area contributed by atoms with Crippen molar-refractivity contribution in [1.82, 2.24) is 4.90 Å². The van der Waals surface area contributed by atoms with E-state index in [2.05, 4.69) is 6.58 Å². The van der Waals surface area contributed by atoms with E-state index in [9.17, 15) is 4.79 Å². The van der Waals surface area contributed by atoms with Gasteiger partial charge < -0.3 is 0 Å². The van der Waals surface area contributed by atoms with Crippen LogP contribution in [0, 0.1) is 0 Å². The van der Waals surface area contributed by atoms with Crippen LogP contribution in [-0.2, 0) is 4.79 Å². The molecule has 2 nitrogen and oxygen atoms in total. The Kier molecular flexibility index (Phi) is 1.96. The maximum absolute atomic E-state index is 11.0. The van der Waals surface area contributed by atoms with Crippen LogP contribution in [0.15, 0.2) is 23.8 Å². The van der Waals surface area contributed by atoms with Crippen LogP contribution >= 0.6 is 0 Å². The topological polar surface area (TPSA) is 20.3 Å². The van der Waals surface area contributed by atoms with E-state index in [4.69, 9.17) is 0 Å². The molecule has 0 aromatic rings. The molecule has 0 aliphatic heterocycles. The standard InChI is InChI=1S/C9H13NO/c1-6-5-8(7(2)11)9(6)10(3)4/h5,9H,1H2,2-4H3. The zero-order valence-electron chi connectivity index (χ0n) is 7.22. The molecule has 0 aromatic carbocycles. The first kappa shape index (κ1) is 8.21. The Bertz CT molecular complexity index is 238. The molecule has 0 saturated carbocycles. The molecule has 0 radical (unpaired) electrons. The third-order valence-electron chi connectivity index (χ3n) is 1.91. The van der Waals surface area contributed by atoms with Crippen molar-refractivity contribution in [3.8, 4) is 0 Å². The molecule has 1 atom stereocenters. The predicted molar refractivity (Wildman–Crippen MR) is 45.4 cm³/mol. The molecule has 60 valence electrons. The molecule has 0 spiro atoms. The molecule has 0 fully saturated rings. The van der Waals surface area contributed by atoms with Gasteiger partial charge in [0.1, 0.15) is 0 Å². The van der Waals surface area contributed by atoms with Crippen molar-refractivity contribution < 1.29 is 4.79 Å². The van der Waals surface area contributed by atoms with Crippen molar-refractivity contribution in [2.24, 2.45) is 0 Å². The number of rotatable bonds is 2. The highest BCUT2D eigenvalue weighted by atomic mass is 16.1. The summed E-state index contributed by atoms with van der Waals surface area (Å²) in [5.74, 6) is 0.149. The van der Waals surface area contributed by atoms with Gasteiger partial charge in [-0.2, -0.15) is 0 Å². The first-order chi connectivity index (χ1) is 5.04. The third-order valence-corrected chi connectivity index (χ3v) is 1.91. The molecular formula is C9H13NO. The van der Waals surface area contributed by atoms with Crippen molar-refractivity contribution in [3.05, 3.63) is 23.8 Å². The highest BCUT2D eigenvalue weighted by Crippen LogP contribution is 2.28. The molecular weight excluding hydrogens is 138 g/mol. The quantitative estimate of drug-likeness (QED) is 0.587. The van der Waals surface area contributed by atoms with Crippen molar-refractivity contribution in [2.45, 2.75) is 13.0 Å². The molecule has 2 heteroatoms. The molecule has 0 aromatic heterocycles. The molecule has 11 heavy (non-hydrogen) atoms. The Morgan fingerprint density at radius 2 is 2.18 bits per heavy atom. The second-order valence-corrected chi connectivity index (χ2v) is 3.10. The number of carbonyl (C=O) groups is 1. The first-order valence-electron chi connectivity index (χ1n) is 3.62. The Hall–Kier alpha value is -0.890. The summed E-state index contributed by atoms with van der Waals surface area (Å²) >= 11 is 0. The zero-order chi connectivity index (χ0) is 8.59. The van der Waals surface area contributed by atoms with Crippen LogP contribution in [0.4, 0.5) is 0 Å². The van der Waals surface area contributed by atoms with Gasteiger partial charge in [-0.05, 0) is 32.7 Å². The van der Waals surface area contributed by atoms with Crippen LogP contribution in [0.3, 0.4) is 0 Å². The fraction of sp³-hybridized carbons (Fsp3) is 0.444. The minimum Gasteiger partial charge on any atom is -0.298 e. The van der Waals surface area contributed by atoms with Crippen molar-refractivity contribution in [3.63, 3.8) is 0 Å². The molecule has 0 saturated heterocycles. The molecule has 0 N–H and O–H groups in total. The minimum absolute atomic E-state index is 0.149. The van der Waals surface area contributed by atoms with E-state index in [1.165, 1.54) is 0 Å². The highest BCUT2D eigenvalue weighted by molar-refractivity contribution is 5.98. The van der Waals surface area contributed by atoms with Crippen LogP contribution < -0.4 is 0 Å². The van der Waals surface area contributed by atoms with Crippen LogP contribution in [0.2, 0.25) is 0 Å². The lowest BCUT2D eigenvalue weighted by atomic mass is 9.84. The third kappa shape index (κ3) is 1.26. The Morgan fingerprint density at radius 3 is 2.36 bits per heavy atom. The summed E-state index contributed by atoms with van der Waals surface area (Å²) in [6, 6.07) is 0.160. The van der Waals surface area contributed by atoms with Crippen molar-refractivity contribution >= 4 is 5.78 Å². The van der Waals surface area contributed by atoms with E-state index in [1.54, 1.807) is 6.92 Å². The molecule has 1 aliphatic carbocycles. The van der Waals surface area contributed by atoms with E-state index in [0.717, 1.165) is 11.1 Å². The van der Waals surface area contributed by atoms with Gasteiger partial charge in [0.2, 0.25) is 0 Å². The average molecular weight is 151 g/mol. The lowest BCUT2D eigenvalue weighted by Gasteiger charge is -2.33. The first-order valence-corrected chi connectivity index (χ1v) is 3.62. The number of ketones is 1. The minimum atomic E-state index is 0.149. The lowest BCUT2D eigenvalue weighted by Crippen LogP contribution is -2.38. The van der Waals surface area contributed by atoms with E-state index < -0.39 is 0 Å². The number of hydrogen-bond acceptors (Lipinski definition) is 2. The molecule has 1 unspecified atom stereocenters. The van der Waals surface area contributed by atoms with Crippen LogP contribution in [-0.4, -0.2) is 30.8 Å². The Morgan fingerprint density at radius 1 is 1.64 bits per heavy atom. The summed E-state index contributed by atoms with van der Waals surface area (Å²) in [5.41, 5.74) is 1.90. The van der Waals surface area contributed by atoms with Gasteiger partial charge in [-0.1, -0.05) is 6.58 Å². The second-order valence-electron chi connectivity index (χ2n) is 3.10. The van der Waals surface area contributed by atoms with E-state index in [0.29, 0.717) is 0 Å². The van der Waals surface area contributed by atoms with Crippen LogP contribution in [0.25, 0.3) is 0 Å². The summed E-state index contributed by atoms with van der Waals surface area (Å²) in [6.07, 6.45) is 1.85. The van der Waals surface area contributed by atoms with Gasteiger partial charge in [0, 0.05) is 5.57 Å². The fourth-order valence-corrected chi connectivity index (χ4v) is 1.37. The highest BCUT2D eigenvalue weighted by Gasteiger charge is 2.29. The molecule has 1 aliphatic rings. The SMILES string of the molecule is C=C1C=C(C(C)=O)C1N(C)C. The monoisotopic (exact) mass is 151 g/mol. The second kappa shape index (κ2) is 2.62. The summed E-state index contributed by atoms with van der Waals surface area (Å²) in [4.78, 5) is 12.9. The van der Waals surface area contributed by atoms with Gasteiger partial charge in [0.25, 0.3) is 0 Å². The Labute approximate surface area is 67.2 Å². The summed E-state index contributed by atoms with van der Waals surface area (Å²) < 4.78 is 0.